The number of nitrogens with one attached hydrogen (secondary N) is 4. The predicted molar refractivity (Wildman–Crippen MR) is 155 cm³/mol. The fraction of sp³-hybridized carbons (Fsp3) is 0.407. The molecular weight excluding hydrogens is 568 g/mol. The highest BCUT2D eigenvalue weighted by molar-refractivity contribution is 7.89. The Bertz CT molecular complexity index is 1430. The van der Waals surface area contributed by atoms with Crippen molar-refractivity contribution in [3.63, 3.8) is 0 Å². The lowest BCUT2D eigenvalue weighted by molar-refractivity contribution is -0.385. The van der Waals surface area contributed by atoms with E-state index in [4.69, 9.17) is 5.73 Å². The molecule has 0 bridgehead atoms. The molecule has 4 amide bonds. The van der Waals surface area contributed by atoms with Gasteiger partial charge < -0.3 is 21.7 Å². The molecule has 6 N–H and O–H groups in total. The molecule has 15 heteroatoms. The van der Waals surface area contributed by atoms with E-state index in [0.717, 1.165) is 6.07 Å². The smallest absolute Gasteiger partial charge is 0.270 e. The first-order valence-corrected chi connectivity index (χ1v) is 14.7. The van der Waals surface area contributed by atoms with Crippen LogP contribution in [0.1, 0.15) is 61.9 Å². The minimum absolute atomic E-state index is 0.0802. The van der Waals surface area contributed by atoms with Crippen LogP contribution in [0.4, 0.5) is 11.4 Å². The van der Waals surface area contributed by atoms with Crippen molar-refractivity contribution in [3.8, 4) is 0 Å². The van der Waals surface area contributed by atoms with Gasteiger partial charge in [-0.25, -0.2) is 8.42 Å². The van der Waals surface area contributed by atoms with Crippen molar-refractivity contribution in [2.24, 2.45) is 5.73 Å². The molecule has 0 saturated heterocycles. The lowest BCUT2D eigenvalue weighted by Gasteiger charge is -2.20. The number of carbonyl (C=O) groups is 4. The van der Waals surface area contributed by atoms with E-state index >= 15 is 0 Å². The van der Waals surface area contributed by atoms with Crippen LogP contribution in [0.5, 0.6) is 0 Å². The van der Waals surface area contributed by atoms with Gasteiger partial charge in [0.05, 0.1) is 9.82 Å². The zero-order valence-corrected chi connectivity index (χ0v) is 24.5. The Hall–Kier alpha value is -4.37. The molecule has 42 heavy (non-hydrogen) atoms. The third-order valence-electron chi connectivity index (χ3n) is 5.97. The molecule has 0 radical (unpaired) electrons. The first kappa shape index (κ1) is 33.8. The summed E-state index contributed by atoms with van der Waals surface area (Å²) in [5, 5.41) is 19.1. The molecular formula is C27H36N6O8S. The number of unbranched alkanes of at least 4 members (excludes halogenated alkanes) is 1. The summed E-state index contributed by atoms with van der Waals surface area (Å²) in [6, 6.07) is 8.16. The number of nitro groups is 1. The van der Waals surface area contributed by atoms with Crippen molar-refractivity contribution < 1.29 is 32.5 Å². The lowest BCUT2D eigenvalue weighted by Crippen LogP contribution is -2.48. The third kappa shape index (κ3) is 10.9. The molecule has 2 rings (SSSR count). The van der Waals surface area contributed by atoms with Crippen LogP contribution in [-0.4, -0.2) is 55.6 Å². The van der Waals surface area contributed by atoms with Crippen LogP contribution in [0, 0.1) is 17.0 Å². The van der Waals surface area contributed by atoms with Crippen LogP contribution in [0.2, 0.25) is 0 Å². The summed E-state index contributed by atoms with van der Waals surface area (Å²) < 4.78 is 28.5. The van der Waals surface area contributed by atoms with Gasteiger partial charge in [-0.3, -0.25) is 29.3 Å². The van der Waals surface area contributed by atoms with Gasteiger partial charge >= 0.3 is 0 Å². The Labute approximate surface area is 244 Å². The van der Waals surface area contributed by atoms with Crippen molar-refractivity contribution >= 4 is 45.0 Å². The van der Waals surface area contributed by atoms with Gasteiger partial charge in [-0.15, -0.1) is 0 Å². The van der Waals surface area contributed by atoms with Crippen LogP contribution >= 0.6 is 0 Å². The molecule has 14 nitrogen and oxygen atoms in total. The number of nitrogens with zero attached hydrogens (tertiary/aromatic N) is 1. The van der Waals surface area contributed by atoms with Gasteiger partial charge in [0.1, 0.15) is 6.04 Å². The number of hydrogen-bond donors (Lipinski definition) is 5. The van der Waals surface area contributed by atoms with Crippen molar-refractivity contribution in [1.82, 2.24) is 15.4 Å². The van der Waals surface area contributed by atoms with Gasteiger partial charge in [-0.2, -0.15) is 4.72 Å². The van der Waals surface area contributed by atoms with E-state index in [-0.39, 0.29) is 53.8 Å². The summed E-state index contributed by atoms with van der Waals surface area (Å²) in [7, 11) is -4.27. The summed E-state index contributed by atoms with van der Waals surface area (Å²) in [5.41, 5.74) is 5.73. The van der Waals surface area contributed by atoms with Crippen LogP contribution in [0.15, 0.2) is 47.4 Å². The number of rotatable bonds is 16. The Balaban J connectivity index is 1.87. The number of nitrogens with two attached hydrogens (primary N) is 1. The number of benzene rings is 2. The molecule has 0 aliphatic rings. The van der Waals surface area contributed by atoms with Crippen LogP contribution < -0.4 is 26.4 Å². The van der Waals surface area contributed by atoms with Gasteiger partial charge in [0.25, 0.3) is 5.69 Å². The van der Waals surface area contributed by atoms with Gasteiger partial charge in [-0.05, 0) is 63.8 Å². The monoisotopic (exact) mass is 604 g/mol. The topological polar surface area (TPSA) is 220 Å². The highest BCUT2D eigenvalue weighted by Crippen LogP contribution is 2.22. The Morgan fingerprint density at radius 1 is 1.00 bits per heavy atom. The summed E-state index contributed by atoms with van der Waals surface area (Å²) in [6.45, 7) is 5.18. The zero-order valence-electron chi connectivity index (χ0n) is 23.6. The SMILES string of the molecule is Cc1ccc([N+](=O)[O-])cc1S(=O)(=O)N[C@@H](CCCCNC(=O)CCC(=O)Nc1cccc(C(N)=O)c1)C(=O)NC(C)C. The molecule has 0 unspecified atom stereocenters. The second kappa shape index (κ2) is 15.6. The number of primary amides is 1. The number of nitro benzene ring substituents is 1. The Kier molecular flexibility index (Phi) is 12.6. The fourth-order valence-electron chi connectivity index (χ4n) is 3.86. The summed E-state index contributed by atoms with van der Waals surface area (Å²) in [4.78, 5) is 58.5. The predicted octanol–water partition coefficient (Wildman–Crippen LogP) is 1.88. The first-order valence-electron chi connectivity index (χ1n) is 13.2. The van der Waals surface area contributed by atoms with E-state index in [2.05, 4.69) is 20.7 Å². The molecule has 0 aromatic heterocycles. The number of non-ortho nitro benzene ring substituents is 1. The molecule has 2 aromatic rings. The molecule has 0 spiro atoms. The lowest BCUT2D eigenvalue weighted by atomic mass is 10.1. The molecule has 2 aromatic carbocycles. The maximum atomic E-state index is 13.1. The average Bonchev–Trinajstić information content (AvgIpc) is 2.90. The molecule has 0 aliphatic carbocycles. The minimum atomic E-state index is -4.27. The molecule has 0 heterocycles. The number of carbonyl (C=O) groups excluding carboxylic acids is 4. The second-order valence-corrected chi connectivity index (χ2v) is 11.6. The van der Waals surface area contributed by atoms with Gasteiger partial charge in [0.2, 0.25) is 33.7 Å². The van der Waals surface area contributed by atoms with E-state index in [1.165, 1.54) is 31.2 Å². The molecule has 228 valence electrons. The maximum Gasteiger partial charge on any atom is 0.270 e. The third-order valence-corrected chi connectivity index (χ3v) is 7.58. The standard InChI is InChI=1S/C27H36N6O8S/c1-17(2)30-27(37)22(32-42(40,41)23-16-21(33(38)39)11-10-18(23)3)9-4-5-14-29-24(34)12-13-25(35)31-20-8-6-7-19(15-20)26(28)36/h6-8,10-11,15-17,22,32H,4-5,9,12-14H2,1-3H3,(H2,28,36)(H,29,34)(H,30,37)(H,31,35)/t22-/m0/s1. The van der Waals surface area contributed by atoms with Crippen molar-refractivity contribution in [3.05, 3.63) is 63.7 Å². The zero-order chi connectivity index (χ0) is 31.4. The van der Waals surface area contributed by atoms with Gasteiger partial charge in [0.15, 0.2) is 0 Å². The molecule has 0 saturated carbocycles. The highest BCUT2D eigenvalue weighted by Gasteiger charge is 2.28. The summed E-state index contributed by atoms with van der Waals surface area (Å²) >= 11 is 0. The first-order chi connectivity index (χ1) is 19.7. The van der Waals surface area contributed by atoms with E-state index in [0.29, 0.717) is 18.5 Å². The second-order valence-electron chi connectivity index (χ2n) is 9.88. The summed E-state index contributed by atoms with van der Waals surface area (Å²) in [6.07, 6.45) is 0.713. The minimum Gasteiger partial charge on any atom is -0.366 e. The van der Waals surface area contributed by atoms with Gasteiger partial charge in [-0.1, -0.05) is 12.1 Å². The van der Waals surface area contributed by atoms with Crippen LogP contribution in [0.3, 0.4) is 0 Å². The Morgan fingerprint density at radius 2 is 1.69 bits per heavy atom. The molecule has 1 atom stereocenters. The number of amides is 4. The van der Waals surface area contributed by atoms with Crippen molar-refractivity contribution in [2.75, 3.05) is 11.9 Å². The van der Waals surface area contributed by atoms with E-state index in [9.17, 15) is 37.7 Å². The van der Waals surface area contributed by atoms with Crippen molar-refractivity contribution in [1.29, 1.82) is 0 Å². The number of aryl methyl sites for hydroxylation is 1. The quantitative estimate of drug-likeness (QED) is 0.108. The van der Waals surface area contributed by atoms with E-state index < -0.39 is 44.4 Å². The van der Waals surface area contributed by atoms with E-state index in [1.54, 1.807) is 26.0 Å². The van der Waals surface area contributed by atoms with Gasteiger partial charge in [0, 0.05) is 48.8 Å². The largest absolute Gasteiger partial charge is 0.366 e. The van der Waals surface area contributed by atoms with Crippen LogP contribution in [-0.2, 0) is 24.4 Å². The number of sulfonamides is 1. The number of hydrogen-bond acceptors (Lipinski definition) is 8. The molecule has 0 fully saturated rings. The molecule has 0 aliphatic heterocycles. The fourth-order valence-corrected chi connectivity index (χ4v) is 5.36. The summed E-state index contributed by atoms with van der Waals surface area (Å²) in [5.74, 6) is -1.97. The Morgan fingerprint density at radius 3 is 2.33 bits per heavy atom. The van der Waals surface area contributed by atoms with Crippen LogP contribution in [0.25, 0.3) is 0 Å². The highest BCUT2D eigenvalue weighted by atomic mass is 32.2. The maximum absolute atomic E-state index is 13.1. The number of anilines is 1. The average molecular weight is 605 g/mol. The van der Waals surface area contributed by atoms with Crippen molar-refractivity contribution in [2.45, 2.75) is 69.9 Å². The normalized spacial score (nSPS) is 11.9. The van der Waals surface area contributed by atoms with E-state index in [1.807, 2.05) is 0 Å².